The lowest BCUT2D eigenvalue weighted by Crippen LogP contribution is -2.55. The van der Waals surface area contributed by atoms with Crippen molar-refractivity contribution in [3.05, 3.63) is 30.3 Å². The average molecular weight is 375 g/mol. The summed E-state index contributed by atoms with van der Waals surface area (Å²) in [5, 5.41) is 0. The van der Waals surface area contributed by atoms with Crippen molar-refractivity contribution in [1.82, 2.24) is 4.90 Å². The molecule has 2 atom stereocenters. The number of nitrogens with zero attached hydrogens (tertiary/aromatic N) is 2. The van der Waals surface area contributed by atoms with E-state index in [9.17, 15) is 4.79 Å². The van der Waals surface area contributed by atoms with E-state index in [2.05, 4.69) is 40.1 Å². The zero-order chi connectivity index (χ0) is 16.9. The lowest BCUT2D eigenvalue weighted by atomic mass is 9.58. The van der Waals surface area contributed by atoms with Crippen molar-refractivity contribution in [1.29, 1.82) is 0 Å². The van der Waals surface area contributed by atoms with Gasteiger partial charge in [-0.3, -0.25) is 4.79 Å². The number of piperazine rings is 1. The van der Waals surface area contributed by atoms with Crippen LogP contribution in [0.25, 0.3) is 0 Å². The van der Waals surface area contributed by atoms with Crippen molar-refractivity contribution < 1.29 is 4.79 Å². The highest BCUT2D eigenvalue weighted by Crippen LogP contribution is 2.58. The normalized spacial score (nSPS) is 35.8. The van der Waals surface area contributed by atoms with Crippen LogP contribution < -0.4 is 4.90 Å². The molecule has 0 N–H and O–H groups in total. The van der Waals surface area contributed by atoms with Crippen molar-refractivity contribution in [2.24, 2.45) is 23.2 Å². The van der Waals surface area contributed by atoms with Crippen LogP contribution in [-0.4, -0.2) is 37.0 Å². The van der Waals surface area contributed by atoms with Gasteiger partial charge in [0.25, 0.3) is 0 Å². The van der Waals surface area contributed by atoms with Crippen LogP contribution in [0.1, 0.15) is 44.9 Å². The molecule has 4 bridgehead atoms. The van der Waals surface area contributed by atoms with Crippen molar-refractivity contribution >= 4 is 24.0 Å². The number of anilines is 1. The van der Waals surface area contributed by atoms with Gasteiger partial charge >= 0.3 is 0 Å². The summed E-state index contributed by atoms with van der Waals surface area (Å²) in [5.74, 6) is 3.03. The number of benzene rings is 1. The third-order valence-electron chi connectivity index (χ3n) is 7.50. The first-order valence-electron chi connectivity index (χ1n) is 10.3. The van der Waals surface area contributed by atoms with Crippen molar-refractivity contribution in [2.45, 2.75) is 44.9 Å². The van der Waals surface area contributed by atoms with Crippen LogP contribution in [0.5, 0.6) is 0 Å². The van der Waals surface area contributed by atoms with E-state index in [4.69, 9.17) is 0 Å². The Hall–Kier alpha value is -1.22. The first-order valence-corrected chi connectivity index (χ1v) is 10.3. The Kier molecular flexibility index (Phi) is 4.94. The fourth-order valence-corrected chi connectivity index (χ4v) is 6.60. The molecular formula is C22H31ClN2O. The maximum atomic E-state index is 13.6. The summed E-state index contributed by atoms with van der Waals surface area (Å²) in [6.07, 6.45) is 9.17. The number of carbonyl (C=O) groups is 1. The molecule has 5 aliphatic rings. The van der Waals surface area contributed by atoms with Gasteiger partial charge in [-0.15, -0.1) is 12.4 Å². The molecule has 0 spiro atoms. The van der Waals surface area contributed by atoms with E-state index >= 15 is 0 Å². The summed E-state index contributed by atoms with van der Waals surface area (Å²) < 4.78 is 0. The van der Waals surface area contributed by atoms with Crippen LogP contribution in [0.2, 0.25) is 0 Å². The van der Waals surface area contributed by atoms with Crippen LogP contribution >= 0.6 is 12.4 Å². The van der Waals surface area contributed by atoms with Crippen molar-refractivity contribution in [2.75, 3.05) is 31.1 Å². The predicted molar refractivity (Wildman–Crippen MR) is 108 cm³/mol. The molecule has 1 aromatic carbocycles. The first-order chi connectivity index (χ1) is 12.2. The van der Waals surface area contributed by atoms with Crippen LogP contribution in [0, 0.1) is 23.2 Å². The fourth-order valence-electron chi connectivity index (χ4n) is 6.60. The van der Waals surface area contributed by atoms with Gasteiger partial charge in [0.15, 0.2) is 0 Å². The quantitative estimate of drug-likeness (QED) is 0.767. The van der Waals surface area contributed by atoms with Crippen LogP contribution in [0.3, 0.4) is 0 Å². The maximum absolute atomic E-state index is 13.6. The van der Waals surface area contributed by atoms with Crippen molar-refractivity contribution in [3.8, 4) is 0 Å². The molecule has 6 rings (SSSR count). The molecule has 0 aromatic heterocycles. The Balaban J connectivity index is 0.00000168. The van der Waals surface area contributed by atoms with Gasteiger partial charge in [-0.2, -0.15) is 0 Å². The number of hydrogen-bond acceptors (Lipinski definition) is 2. The maximum Gasteiger partial charge on any atom is 0.228 e. The summed E-state index contributed by atoms with van der Waals surface area (Å²) in [5.41, 5.74) is 1.31. The van der Waals surface area contributed by atoms with E-state index in [-0.39, 0.29) is 17.8 Å². The summed E-state index contributed by atoms with van der Waals surface area (Å²) in [4.78, 5) is 18.2. The van der Waals surface area contributed by atoms with Gasteiger partial charge in [-0.05, 0) is 62.0 Å². The summed E-state index contributed by atoms with van der Waals surface area (Å²) in [6.45, 7) is 3.75. The number of rotatable bonds is 2. The Labute approximate surface area is 163 Å². The van der Waals surface area contributed by atoms with Crippen LogP contribution in [0.15, 0.2) is 30.3 Å². The van der Waals surface area contributed by atoms with E-state index in [0.29, 0.717) is 5.91 Å². The van der Waals surface area contributed by atoms with Crippen LogP contribution in [0.4, 0.5) is 5.69 Å². The summed E-state index contributed by atoms with van der Waals surface area (Å²) in [7, 11) is 0. The van der Waals surface area contributed by atoms with E-state index < -0.39 is 0 Å². The van der Waals surface area contributed by atoms with Gasteiger partial charge in [-0.1, -0.05) is 31.0 Å². The molecule has 4 aliphatic carbocycles. The van der Waals surface area contributed by atoms with Gasteiger partial charge < -0.3 is 9.80 Å². The fraction of sp³-hybridized carbons (Fsp3) is 0.682. The first kappa shape index (κ1) is 18.2. The highest BCUT2D eigenvalue weighted by Gasteiger charge is 2.53. The number of halogens is 1. The number of para-hydroxylation sites is 1. The second kappa shape index (κ2) is 7.07. The molecule has 4 heteroatoms. The Bertz CT molecular complexity index is 625. The minimum atomic E-state index is 0. The molecule has 2 unspecified atom stereocenters. The third-order valence-corrected chi connectivity index (χ3v) is 7.50. The lowest BCUT2D eigenvalue weighted by molar-refractivity contribution is -0.150. The number of amides is 1. The molecule has 142 valence electrons. The number of carbonyl (C=O) groups excluding carboxylic acids is 1. The summed E-state index contributed by atoms with van der Waals surface area (Å²) in [6, 6.07) is 10.6. The molecule has 4 saturated carbocycles. The Morgan fingerprint density at radius 1 is 0.846 bits per heavy atom. The van der Waals surface area contributed by atoms with Gasteiger partial charge in [0.05, 0.1) is 5.41 Å². The zero-order valence-corrected chi connectivity index (χ0v) is 16.4. The molecule has 0 radical (unpaired) electrons. The molecule has 3 nitrogen and oxygen atoms in total. The highest BCUT2D eigenvalue weighted by atomic mass is 35.5. The highest BCUT2D eigenvalue weighted by molar-refractivity contribution is 5.85. The molecule has 1 saturated heterocycles. The minimum absolute atomic E-state index is 0. The average Bonchev–Trinajstić information content (AvgIpc) is 2.87. The molecule has 1 aliphatic heterocycles. The number of fused-ring (bicyclic) bond motifs is 1. The SMILES string of the molecule is Cl.O=C(N1CCN(c2ccccc2)CC1)C12CC3CCC(CC(C3)C1)C2. The van der Waals surface area contributed by atoms with E-state index in [1.165, 1.54) is 50.6 Å². The van der Waals surface area contributed by atoms with E-state index in [1.54, 1.807) is 0 Å². The van der Waals surface area contributed by atoms with Gasteiger partial charge in [-0.25, -0.2) is 0 Å². The van der Waals surface area contributed by atoms with Gasteiger partial charge in [0.1, 0.15) is 0 Å². The largest absolute Gasteiger partial charge is 0.368 e. The third kappa shape index (κ3) is 3.13. The predicted octanol–water partition coefficient (Wildman–Crippen LogP) is 4.36. The molecule has 1 amide bonds. The van der Waals surface area contributed by atoms with E-state index in [1.807, 2.05) is 0 Å². The molecular weight excluding hydrogens is 344 g/mol. The van der Waals surface area contributed by atoms with E-state index in [0.717, 1.165) is 43.9 Å². The van der Waals surface area contributed by atoms with Crippen LogP contribution in [-0.2, 0) is 4.79 Å². The van der Waals surface area contributed by atoms with Gasteiger partial charge in [0, 0.05) is 31.9 Å². The Morgan fingerprint density at radius 2 is 1.42 bits per heavy atom. The Morgan fingerprint density at radius 3 is 2.04 bits per heavy atom. The number of hydrogen-bond donors (Lipinski definition) is 0. The second-order valence-corrected chi connectivity index (χ2v) is 9.15. The topological polar surface area (TPSA) is 23.6 Å². The summed E-state index contributed by atoms with van der Waals surface area (Å²) >= 11 is 0. The standard InChI is InChI=1S/C22H30N2O.ClH/c25-21(22-14-17-6-7-18(15-22)13-19(12-17)16-22)24-10-8-23(9-11-24)20-4-2-1-3-5-20;/h1-5,17-19H,6-16H2;1H. The smallest absolute Gasteiger partial charge is 0.228 e. The van der Waals surface area contributed by atoms with Gasteiger partial charge in [0.2, 0.25) is 5.91 Å². The van der Waals surface area contributed by atoms with Crippen molar-refractivity contribution in [3.63, 3.8) is 0 Å². The lowest BCUT2D eigenvalue weighted by Gasteiger charge is -2.50. The molecule has 5 fully saturated rings. The molecule has 1 aromatic rings. The second-order valence-electron chi connectivity index (χ2n) is 9.15. The zero-order valence-electron chi connectivity index (χ0n) is 15.6. The minimum Gasteiger partial charge on any atom is -0.368 e. The monoisotopic (exact) mass is 374 g/mol. The molecule has 26 heavy (non-hydrogen) atoms. The molecule has 1 heterocycles.